The Hall–Kier alpha value is -4.43. The summed E-state index contributed by atoms with van der Waals surface area (Å²) in [5.41, 5.74) is 1.77. The number of ether oxygens (including phenoxy) is 2. The number of hydrogen-bond acceptors (Lipinski definition) is 5. The molecule has 1 N–H and O–H groups in total. The Balaban J connectivity index is 1.42. The summed E-state index contributed by atoms with van der Waals surface area (Å²) in [6.45, 7) is 2.60. The summed E-state index contributed by atoms with van der Waals surface area (Å²) in [7, 11) is 0. The molecule has 1 aliphatic heterocycles. The number of amides is 4. The van der Waals surface area contributed by atoms with Gasteiger partial charge < -0.3 is 9.47 Å². The number of urea groups is 1. The Morgan fingerprint density at radius 3 is 2.42 bits per heavy atom. The van der Waals surface area contributed by atoms with Crippen LogP contribution in [-0.2, 0) is 16.2 Å². The van der Waals surface area contributed by atoms with Gasteiger partial charge in [0.15, 0.2) is 11.5 Å². The van der Waals surface area contributed by atoms with Crippen LogP contribution in [0.15, 0.2) is 95.0 Å². The summed E-state index contributed by atoms with van der Waals surface area (Å²) in [5, 5.41) is 4.48. The third-order valence-electron chi connectivity index (χ3n) is 6.03. The number of benzene rings is 4. The van der Waals surface area contributed by atoms with Crippen molar-refractivity contribution in [2.45, 2.75) is 13.5 Å². The van der Waals surface area contributed by atoms with E-state index in [2.05, 4.69) is 39.4 Å². The highest BCUT2D eigenvalue weighted by Gasteiger charge is 2.36. The summed E-state index contributed by atoms with van der Waals surface area (Å²) < 4.78 is 12.7. The van der Waals surface area contributed by atoms with E-state index in [1.807, 2.05) is 31.2 Å². The zero-order valence-electron chi connectivity index (χ0n) is 20.4. The van der Waals surface area contributed by atoms with Gasteiger partial charge in [0.25, 0.3) is 11.8 Å². The first-order chi connectivity index (χ1) is 18.4. The van der Waals surface area contributed by atoms with E-state index in [0.29, 0.717) is 36.0 Å². The predicted molar refractivity (Wildman–Crippen MR) is 149 cm³/mol. The number of imide groups is 2. The third kappa shape index (κ3) is 5.17. The van der Waals surface area contributed by atoms with Crippen LogP contribution in [0.25, 0.3) is 16.8 Å². The number of hydrogen-bond donors (Lipinski definition) is 1. The van der Waals surface area contributed by atoms with Crippen LogP contribution < -0.4 is 19.7 Å². The predicted octanol–water partition coefficient (Wildman–Crippen LogP) is 6.25. The van der Waals surface area contributed by atoms with Crippen molar-refractivity contribution in [1.82, 2.24) is 5.32 Å². The van der Waals surface area contributed by atoms with Gasteiger partial charge in [-0.3, -0.25) is 14.9 Å². The maximum absolute atomic E-state index is 13.2. The summed E-state index contributed by atoms with van der Waals surface area (Å²) in [4.78, 5) is 39.2. The molecule has 0 aliphatic carbocycles. The Bertz CT molecular complexity index is 1570. The summed E-state index contributed by atoms with van der Waals surface area (Å²) in [5.74, 6) is -0.461. The number of carbonyl (C=O) groups is 3. The molecule has 190 valence electrons. The van der Waals surface area contributed by atoms with Crippen LogP contribution in [0, 0.1) is 0 Å². The van der Waals surface area contributed by atoms with Gasteiger partial charge in [-0.2, -0.15) is 0 Å². The lowest BCUT2D eigenvalue weighted by Crippen LogP contribution is -2.54. The number of carbonyl (C=O) groups excluding carboxylic acids is 3. The first-order valence-corrected chi connectivity index (χ1v) is 12.8. The van der Waals surface area contributed by atoms with Crippen molar-refractivity contribution >= 4 is 56.3 Å². The van der Waals surface area contributed by atoms with Crippen LogP contribution in [-0.4, -0.2) is 24.5 Å². The quantitative estimate of drug-likeness (QED) is 0.210. The molecule has 0 saturated carbocycles. The van der Waals surface area contributed by atoms with Gasteiger partial charge >= 0.3 is 6.03 Å². The third-order valence-corrected chi connectivity index (χ3v) is 6.56. The number of rotatable bonds is 7. The summed E-state index contributed by atoms with van der Waals surface area (Å²) >= 11 is 3.33. The number of nitrogens with zero attached hydrogens (tertiary/aromatic N) is 1. The molecule has 1 fully saturated rings. The SMILES string of the molecule is CCOc1cc(/C=C2\C(=O)NC(=O)N(c3ccc(Br)cc3)C2=O)ccc1OCc1cccc2ccccc12. The van der Waals surface area contributed by atoms with Crippen molar-refractivity contribution in [3.8, 4) is 11.5 Å². The highest BCUT2D eigenvalue weighted by Crippen LogP contribution is 2.32. The molecule has 0 spiro atoms. The molecule has 0 aromatic heterocycles. The van der Waals surface area contributed by atoms with Crippen LogP contribution in [0.5, 0.6) is 11.5 Å². The van der Waals surface area contributed by atoms with Gasteiger partial charge in [-0.25, -0.2) is 9.69 Å². The van der Waals surface area contributed by atoms with Crippen LogP contribution >= 0.6 is 15.9 Å². The average molecular weight is 571 g/mol. The van der Waals surface area contributed by atoms with E-state index in [4.69, 9.17) is 9.47 Å². The monoisotopic (exact) mass is 570 g/mol. The number of fused-ring (bicyclic) bond motifs is 1. The van der Waals surface area contributed by atoms with Crippen LogP contribution in [0.3, 0.4) is 0 Å². The molecule has 1 heterocycles. The number of halogens is 1. The molecule has 5 rings (SSSR count). The summed E-state index contributed by atoms with van der Waals surface area (Å²) in [6.07, 6.45) is 1.44. The van der Waals surface area contributed by atoms with Gasteiger partial charge in [0.05, 0.1) is 12.3 Å². The Morgan fingerprint density at radius 2 is 1.63 bits per heavy atom. The highest BCUT2D eigenvalue weighted by molar-refractivity contribution is 9.10. The van der Waals surface area contributed by atoms with Crippen molar-refractivity contribution in [1.29, 1.82) is 0 Å². The summed E-state index contributed by atoms with van der Waals surface area (Å²) in [6, 6.07) is 25.2. The van der Waals surface area contributed by atoms with E-state index in [0.717, 1.165) is 25.7 Å². The van der Waals surface area contributed by atoms with Gasteiger partial charge in [0.1, 0.15) is 12.2 Å². The van der Waals surface area contributed by atoms with Gasteiger partial charge in [-0.05, 0) is 71.3 Å². The molecular formula is C30H23BrN2O5. The smallest absolute Gasteiger partial charge is 0.335 e. The Morgan fingerprint density at radius 1 is 0.868 bits per heavy atom. The van der Waals surface area contributed by atoms with Crippen molar-refractivity contribution < 1.29 is 23.9 Å². The molecular weight excluding hydrogens is 548 g/mol. The van der Waals surface area contributed by atoms with E-state index < -0.39 is 17.8 Å². The van der Waals surface area contributed by atoms with Crippen LogP contribution in [0.2, 0.25) is 0 Å². The van der Waals surface area contributed by atoms with Crippen LogP contribution in [0.4, 0.5) is 10.5 Å². The number of barbiturate groups is 1. The lowest BCUT2D eigenvalue weighted by molar-refractivity contribution is -0.122. The second-order valence-electron chi connectivity index (χ2n) is 8.50. The average Bonchev–Trinajstić information content (AvgIpc) is 2.91. The number of anilines is 1. The Kier molecular flexibility index (Phi) is 7.24. The fourth-order valence-corrected chi connectivity index (χ4v) is 4.49. The van der Waals surface area contributed by atoms with E-state index in [1.165, 1.54) is 6.08 Å². The minimum atomic E-state index is -0.799. The maximum Gasteiger partial charge on any atom is 0.335 e. The standard InChI is InChI=1S/C30H23BrN2O5/c1-2-37-27-17-19(10-15-26(27)38-18-21-8-5-7-20-6-3-4-9-24(20)21)16-25-28(34)32-30(36)33(29(25)35)23-13-11-22(31)12-14-23/h3-17H,2,18H2,1H3,(H,32,34,36)/b25-16+. The molecule has 0 radical (unpaired) electrons. The molecule has 1 saturated heterocycles. The molecule has 4 amide bonds. The van der Waals surface area contributed by atoms with E-state index in [-0.39, 0.29) is 5.57 Å². The molecule has 0 bridgehead atoms. The second-order valence-corrected chi connectivity index (χ2v) is 9.42. The van der Waals surface area contributed by atoms with Gasteiger partial charge in [-0.15, -0.1) is 0 Å². The zero-order valence-corrected chi connectivity index (χ0v) is 22.0. The fraction of sp³-hybridized carbons (Fsp3) is 0.100. The minimum Gasteiger partial charge on any atom is -0.490 e. The normalized spacial score (nSPS) is 14.6. The van der Waals surface area contributed by atoms with Crippen molar-refractivity contribution in [2.24, 2.45) is 0 Å². The van der Waals surface area contributed by atoms with E-state index in [9.17, 15) is 14.4 Å². The molecule has 38 heavy (non-hydrogen) atoms. The molecule has 4 aromatic carbocycles. The fourth-order valence-electron chi connectivity index (χ4n) is 4.22. The highest BCUT2D eigenvalue weighted by atomic mass is 79.9. The minimum absolute atomic E-state index is 0.167. The van der Waals surface area contributed by atoms with Gasteiger partial charge in [0, 0.05) is 4.47 Å². The molecule has 7 nitrogen and oxygen atoms in total. The molecule has 8 heteroatoms. The van der Waals surface area contributed by atoms with E-state index >= 15 is 0 Å². The second kappa shape index (κ2) is 10.9. The van der Waals surface area contributed by atoms with Crippen molar-refractivity contribution in [3.63, 3.8) is 0 Å². The van der Waals surface area contributed by atoms with Crippen molar-refractivity contribution in [2.75, 3.05) is 11.5 Å². The van der Waals surface area contributed by atoms with Gasteiger partial charge in [-0.1, -0.05) is 64.5 Å². The molecule has 1 aliphatic rings. The maximum atomic E-state index is 13.2. The number of nitrogens with one attached hydrogen (secondary N) is 1. The lowest BCUT2D eigenvalue weighted by atomic mass is 10.1. The lowest BCUT2D eigenvalue weighted by Gasteiger charge is -2.26. The first-order valence-electron chi connectivity index (χ1n) is 12.0. The molecule has 0 atom stereocenters. The van der Waals surface area contributed by atoms with Crippen LogP contribution in [0.1, 0.15) is 18.1 Å². The first kappa shape index (κ1) is 25.2. The van der Waals surface area contributed by atoms with Gasteiger partial charge in [0.2, 0.25) is 0 Å². The Labute approximate surface area is 227 Å². The largest absolute Gasteiger partial charge is 0.490 e. The molecule has 0 unspecified atom stereocenters. The van der Waals surface area contributed by atoms with E-state index in [1.54, 1.807) is 42.5 Å². The molecule has 4 aromatic rings. The topological polar surface area (TPSA) is 84.9 Å². The zero-order chi connectivity index (χ0) is 26.6. The van der Waals surface area contributed by atoms with Crippen molar-refractivity contribution in [3.05, 3.63) is 106 Å².